The number of rotatable bonds is 9. The minimum Gasteiger partial charge on any atom is -0.494 e. The van der Waals surface area contributed by atoms with Gasteiger partial charge in [-0.1, -0.05) is 31.5 Å². The highest BCUT2D eigenvalue weighted by Crippen LogP contribution is 2.26. The number of nitrogens with one attached hydrogen (secondary N) is 1. The first-order chi connectivity index (χ1) is 16.6. The first-order valence-corrected chi connectivity index (χ1v) is 11.6. The molecule has 7 nitrogen and oxygen atoms in total. The highest BCUT2D eigenvalue weighted by molar-refractivity contribution is 6.07. The zero-order chi connectivity index (χ0) is 23.9. The zero-order valence-corrected chi connectivity index (χ0v) is 19.8. The molecule has 0 spiro atoms. The average molecular weight is 456 g/mol. The molecule has 0 aliphatic carbocycles. The van der Waals surface area contributed by atoms with Gasteiger partial charge in [-0.3, -0.25) is 9.48 Å². The molecular formula is C27H29N5O2. The van der Waals surface area contributed by atoms with Gasteiger partial charge in [-0.25, -0.2) is 10.4 Å². The van der Waals surface area contributed by atoms with Crippen LogP contribution >= 0.6 is 0 Å². The van der Waals surface area contributed by atoms with E-state index in [0.717, 1.165) is 52.9 Å². The van der Waals surface area contributed by atoms with E-state index >= 15 is 0 Å². The number of aromatic nitrogens is 3. The van der Waals surface area contributed by atoms with Gasteiger partial charge in [0.2, 0.25) is 0 Å². The third-order valence-corrected chi connectivity index (χ3v) is 5.69. The summed E-state index contributed by atoms with van der Waals surface area (Å²) in [7, 11) is 0. The molecule has 0 aliphatic rings. The molecule has 34 heavy (non-hydrogen) atoms. The molecule has 0 radical (unpaired) electrons. The van der Waals surface area contributed by atoms with Crippen molar-refractivity contribution < 1.29 is 9.53 Å². The number of amides is 1. The number of para-hydroxylation sites is 1. The Morgan fingerprint density at radius 3 is 2.68 bits per heavy atom. The number of pyridine rings is 1. The van der Waals surface area contributed by atoms with Gasteiger partial charge < -0.3 is 4.74 Å². The number of ether oxygens (including phenoxy) is 1. The highest BCUT2D eigenvalue weighted by Gasteiger charge is 2.14. The lowest BCUT2D eigenvalue weighted by atomic mass is 10.0. The van der Waals surface area contributed by atoms with Gasteiger partial charge in [-0.15, -0.1) is 0 Å². The van der Waals surface area contributed by atoms with Gasteiger partial charge in [0.05, 0.1) is 35.8 Å². The van der Waals surface area contributed by atoms with Crippen LogP contribution in [0.2, 0.25) is 0 Å². The topological polar surface area (TPSA) is 81.4 Å². The fraction of sp³-hybridized carbons (Fsp3) is 0.259. The van der Waals surface area contributed by atoms with Crippen molar-refractivity contribution in [2.24, 2.45) is 5.10 Å². The van der Waals surface area contributed by atoms with Gasteiger partial charge in [0.15, 0.2) is 0 Å². The van der Waals surface area contributed by atoms with Gasteiger partial charge in [-0.05, 0) is 56.7 Å². The summed E-state index contributed by atoms with van der Waals surface area (Å²) in [6.45, 7) is 7.62. The van der Waals surface area contributed by atoms with Crippen LogP contribution in [-0.2, 0) is 6.54 Å². The van der Waals surface area contributed by atoms with E-state index in [2.05, 4.69) is 22.5 Å². The normalized spacial score (nSPS) is 11.3. The second kappa shape index (κ2) is 10.7. The maximum atomic E-state index is 13.1. The number of benzene rings is 2. The summed E-state index contributed by atoms with van der Waals surface area (Å²) < 4.78 is 7.64. The lowest BCUT2D eigenvalue weighted by Gasteiger charge is -2.10. The number of fused-ring (bicyclic) bond motifs is 1. The van der Waals surface area contributed by atoms with Crippen molar-refractivity contribution in [1.82, 2.24) is 20.2 Å². The predicted molar refractivity (Wildman–Crippen MR) is 135 cm³/mol. The summed E-state index contributed by atoms with van der Waals surface area (Å²) in [5.74, 6) is 0.531. The molecule has 0 unspecified atom stereocenters. The van der Waals surface area contributed by atoms with E-state index in [9.17, 15) is 4.79 Å². The first-order valence-electron chi connectivity index (χ1n) is 11.6. The lowest BCUT2D eigenvalue weighted by molar-refractivity contribution is 0.0956. The van der Waals surface area contributed by atoms with E-state index in [1.807, 2.05) is 67.1 Å². The number of hydrogen-bond donors (Lipinski definition) is 1. The number of carbonyl (C=O) groups is 1. The van der Waals surface area contributed by atoms with Crippen LogP contribution in [0.5, 0.6) is 5.75 Å². The molecule has 0 atom stereocenters. The Morgan fingerprint density at radius 2 is 1.94 bits per heavy atom. The Hall–Kier alpha value is -4.00. The Bertz CT molecular complexity index is 1310. The third-order valence-electron chi connectivity index (χ3n) is 5.69. The van der Waals surface area contributed by atoms with Crippen LogP contribution in [0.15, 0.2) is 65.9 Å². The van der Waals surface area contributed by atoms with Crippen LogP contribution in [0, 0.1) is 6.92 Å². The van der Waals surface area contributed by atoms with Crippen molar-refractivity contribution in [3.05, 3.63) is 77.6 Å². The van der Waals surface area contributed by atoms with Gasteiger partial charge in [0.1, 0.15) is 5.75 Å². The Kier molecular flexibility index (Phi) is 7.32. The Labute approximate surface area is 199 Å². The number of hydrogen-bond acceptors (Lipinski definition) is 5. The molecule has 0 aliphatic heterocycles. The minimum atomic E-state index is -0.295. The van der Waals surface area contributed by atoms with E-state index in [1.165, 1.54) is 0 Å². The summed E-state index contributed by atoms with van der Waals surface area (Å²) in [6, 6.07) is 17.2. The summed E-state index contributed by atoms with van der Waals surface area (Å²) in [6.07, 6.45) is 5.48. The maximum Gasteiger partial charge on any atom is 0.272 e. The molecule has 7 heteroatoms. The highest BCUT2D eigenvalue weighted by atomic mass is 16.5. The van der Waals surface area contributed by atoms with E-state index in [1.54, 1.807) is 18.5 Å². The SMILES string of the molecule is CCCCOc1ccc(-c2cc(C(=O)N/N=C\c3cnn(CC)c3C)c3ccccc3n2)cc1. The smallest absolute Gasteiger partial charge is 0.272 e. The molecular weight excluding hydrogens is 426 g/mol. The summed E-state index contributed by atoms with van der Waals surface area (Å²) in [4.78, 5) is 17.9. The number of unbranched alkanes of at least 4 members (excludes halogenated alkanes) is 1. The number of aryl methyl sites for hydroxylation is 1. The molecule has 0 saturated heterocycles. The van der Waals surface area contributed by atoms with E-state index in [-0.39, 0.29) is 5.91 Å². The molecule has 1 amide bonds. The fourth-order valence-electron chi connectivity index (χ4n) is 3.69. The maximum absolute atomic E-state index is 13.1. The Balaban J connectivity index is 1.59. The quantitative estimate of drug-likeness (QED) is 0.209. The molecule has 4 rings (SSSR count). The first kappa shape index (κ1) is 23.2. The second-order valence-electron chi connectivity index (χ2n) is 8.00. The van der Waals surface area contributed by atoms with Gasteiger partial charge >= 0.3 is 0 Å². The van der Waals surface area contributed by atoms with Crippen molar-refractivity contribution in [3.8, 4) is 17.0 Å². The monoisotopic (exact) mass is 455 g/mol. The van der Waals surface area contributed by atoms with E-state index in [4.69, 9.17) is 9.72 Å². The molecule has 2 heterocycles. The van der Waals surface area contributed by atoms with Crippen LogP contribution < -0.4 is 10.2 Å². The van der Waals surface area contributed by atoms with Crippen LogP contribution in [0.3, 0.4) is 0 Å². The van der Waals surface area contributed by atoms with Gasteiger partial charge in [0, 0.05) is 28.8 Å². The molecule has 1 N–H and O–H groups in total. The predicted octanol–water partition coefficient (Wildman–Crippen LogP) is 5.37. The summed E-state index contributed by atoms with van der Waals surface area (Å²) in [5.41, 5.74) is 7.41. The molecule has 2 aromatic heterocycles. The number of carbonyl (C=O) groups excluding carboxylic acids is 1. The van der Waals surface area contributed by atoms with Crippen LogP contribution in [-0.4, -0.2) is 33.5 Å². The molecule has 0 fully saturated rings. The number of hydrazone groups is 1. The van der Waals surface area contributed by atoms with Crippen molar-refractivity contribution in [2.75, 3.05) is 6.61 Å². The molecule has 0 saturated carbocycles. The van der Waals surface area contributed by atoms with Crippen LogP contribution in [0.25, 0.3) is 22.2 Å². The third kappa shape index (κ3) is 5.14. The van der Waals surface area contributed by atoms with Crippen molar-refractivity contribution in [1.29, 1.82) is 0 Å². The largest absolute Gasteiger partial charge is 0.494 e. The van der Waals surface area contributed by atoms with Crippen LogP contribution in [0.1, 0.15) is 48.3 Å². The summed E-state index contributed by atoms with van der Waals surface area (Å²) in [5, 5.41) is 9.24. The molecule has 0 bridgehead atoms. The van der Waals surface area contributed by atoms with E-state index < -0.39 is 0 Å². The minimum absolute atomic E-state index is 0.295. The summed E-state index contributed by atoms with van der Waals surface area (Å²) >= 11 is 0. The van der Waals surface area contributed by atoms with Gasteiger partial charge in [-0.2, -0.15) is 10.2 Å². The van der Waals surface area contributed by atoms with Crippen molar-refractivity contribution in [2.45, 2.75) is 40.2 Å². The van der Waals surface area contributed by atoms with E-state index in [0.29, 0.717) is 17.9 Å². The standard InChI is InChI=1S/C27H29N5O2/c1-4-6-15-34-22-13-11-20(12-14-22)26-16-24(23-9-7-8-10-25(23)30-26)27(33)31-28-17-21-18-29-32(5-2)19(21)3/h7-14,16-18H,4-6,15H2,1-3H3,(H,31,33)/b28-17-. The average Bonchev–Trinajstić information content (AvgIpc) is 3.23. The van der Waals surface area contributed by atoms with Crippen molar-refractivity contribution >= 4 is 23.0 Å². The number of nitrogens with zero attached hydrogens (tertiary/aromatic N) is 4. The second-order valence-corrected chi connectivity index (χ2v) is 8.00. The lowest BCUT2D eigenvalue weighted by Crippen LogP contribution is -2.18. The zero-order valence-electron chi connectivity index (χ0n) is 19.8. The fourth-order valence-corrected chi connectivity index (χ4v) is 3.69. The Morgan fingerprint density at radius 1 is 1.15 bits per heavy atom. The molecule has 4 aromatic rings. The van der Waals surface area contributed by atoms with Gasteiger partial charge in [0.25, 0.3) is 5.91 Å². The van der Waals surface area contributed by atoms with Crippen molar-refractivity contribution in [3.63, 3.8) is 0 Å². The molecule has 2 aromatic carbocycles. The van der Waals surface area contributed by atoms with Crippen LogP contribution in [0.4, 0.5) is 0 Å². The molecule has 174 valence electrons.